The van der Waals surface area contributed by atoms with Gasteiger partial charge in [-0.3, -0.25) is 0 Å². The summed E-state index contributed by atoms with van der Waals surface area (Å²) in [4.78, 5) is 21.1. The number of fused-ring (bicyclic) bond motifs is 1. The minimum atomic E-state index is -0.105. The van der Waals surface area contributed by atoms with Gasteiger partial charge in [-0.15, -0.1) is 0 Å². The Morgan fingerprint density at radius 2 is 1.94 bits per heavy atom. The third kappa shape index (κ3) is 6.07. The molecule has 0 unspecified atom stereocenters. The zero-order valence-electron chi connectivity index (χ0n) is 19.0. The average Bonchev–Trinajstić information content (AvgIpc) is 3.13. The molecule has 1 aliphatic carbocycles. The van der Waals surface area contributed by atoms with E-state index in [9.17, 15) is 4.79 Å². The molecule has 31 heavy (non-hydrogen) atoms. The number of nitrogens with zero attached hydrogens (tertiary/aromatic N) is 3. The highest BCUT2D eigenvalue weighted by Gasteiger charge is 2.18. The Hall–Kier alpha value is -2.39. The van der Waals surface area contributed by atoms with Gasteiger partial charge in [0.2, 0.25) is 0 Å². The van der Waals surface area contributed by atoms with E-state index in [1.807, 2.05) is 13.8 Å². The van der Waals surface area contributed by atoms with Gasteiger partial charge in [0.15, 0.2) is 5.82 Å². The first-order chi connectivity index (χ1) is 15.0. The van der Waals surface area contributed by atoms with Crippen molar-refractivity contribution in [3.63, 3.8) is 0 Å². The first-order valence-corrected chi connectivity index (χ1v) is 11.2. The number of aryl methyl sites for hydroxylation is 2. The molecule has 3 rings (SSSR count). The van der Waals surface area contributed by atoms with Gasteiger partial charge in [-0.1, -0.05) is 19.3 Å². The van der Waals surface area contributed by atoms with Gasteiger partial charge >= 0.3 is 6.03 Å². The minimum absolute atomic E-state index is 0.105. The normalized spacial score (nSPS) is 14.8. The van der Waals surface area contributed by atoms with Crippen LogP contribution in [0, 0.1) is 13.8 Å². The van der Waals surface area contributed by atoms with Gasteiger partial charge in [-0.25, -0.2) is 14.8 Å². The highest BCUT2D eigenvalue weighted by atomic mass is 16.5. The smallest absolute Gasteiger partial charge is 0.315 e. The molecule has 2 aromatic heterocycles. The van der Waals surface area contributed by atoms with Crippen LogP contribution in [0.1, 0.15) is 49.2 Å². The van der Waals surface area contributed by atoms with E-state index in [1.54, 1.807) is 7.11 Å². The van der Waals surface area contributed by atoms with E-state index < -0.39 is 0 Å². The van der Waals surface area contributed by atoms with Crippen molar-refractivity contribution in [3.05, 3.63) is 17.1 Å². The zero-order chi connectivity index (χ0) is 22.2. The van der Waals surface area contributed by atoms with Crippen molar-refractivity contribution < 1.29 is 14.3 Å². The number of hydrogen-bond acceptors (Lipinski definition) is 6. The van der Waals surface area contributed by atoms with Gasteiger partial charge in [0.05, 0.1) is 25.3 Å². The highest BCUT2D eigenvalue weighted by Crippen LogP contribution is 2.26. The van der Waals surface area contributed by atoms with Gasteiger partial charge in [-0.2, -0.15) is 0 Å². The first-order valence-electron chi connectivity index (χ1n) is 11.2. The summed E-state index contributed by atoms with van der Waals surface area (Å²) in [5.41, 5.74) is 9.84. The van der Waals surface area contributed by atoms with Gasteiger partial charge in [0.1, 0.15) is 11.3 Å². The summed E-state index contributed by atoms with van der Waals surface area (Å²) in [5.74, 6) is 1.36. The number of aromatic nitrogens is 3. The number of anilines is 1. The fourth-order valence-electron chi connectivity index (χ4n) is 4.15. The number of urea groups is 1. The Labute approximate surface area is 184 Å². The predicted octanol–water partition coefficient (Wildman–Crippen LogP) is 2.47. The van der Waals surface area contributed by atoms with E-state index in [2.05, 4.69) is 20.2 Å². The summed E-state index contributed by atoms with van der Waals surface area (Å²) < 4.78 is 13.2. The van der Waals surface area contributed by atoms with Crippen molar-refractivity contribution in [3.8, 4) is 0 Å². The molecule has 1 aliphatic rings. The van der Waals surface area contributed by atoms with Crippen LogP contribution in [0.5, 0.6) is 0 Å². The van der Waals surface area contributed by atoms with Crippen LogP contribution in [0.4, 0.5) is 10.6 Å². The second kappa shape index (κ2) is 11.3. The van der Waals surface area contributed by atoms with Gasteiger partial charge in [0, 0.05) is 38.4 Å². The fraction of sp³-hybridized carbons (Fsp3) is 0.682. The number of nitrogen functional groups attached to an aromatic ring is 1. The maximum Gasteiger partial charge on any atom is 0.315 e. The molecule has 4 N–H and O–H groups in total. The second-order valence-corrected chi connectivity index (χ2v) is 8.17. The number of hydrogen-bond donors (Lipinski definition) is 3. The Kier molecular flexibility index (Phi) is 8.48. The number of nitrogens with two attached hydrogens (primary N) is 1. The van der Waals surface area contributed by atoms with E-state index in [4.69, 9.17) is 20.2 Å². The van der Waals surface area contributed by atoms with Crippen LogP contribution in [0.2, 0.25) is 0 Å². The molecule has 0 spiro atoms. The lowest BCUT2D eigenvalue weighted by Gasteiger charge is -2.22. The lowest BCUT2D eigenvalue weighted by Crippen LogP contribution is -2.43. The third-order valence-corrected chi connectivity index (χ3v) is 5.94. The Morgan fingerprint density at radius 3 is 2.68 bits per heavy atom. The first kappa shape index (κ1) is 23.3. The molecule has 0 radical (unpaired) electrons. The number of imidazole rings is 1. The van der Waals surface area contributed by atoms with Crippen LogP contribution in [0.15, 0.2) is 0 Å². The van der Waals surface area contributed by atoms with E-state index in [1.165, 1.54) is 19.3 Å². The number of carbonyl (C=O) groups is 1. The molecule has 0 atom stereocenters. The van der Waals surface area contributed by atoms with Crippen molar-refractivity contribution in [1.29, 1.82) is 0 Å². The van der Waals surface area contributed by atoms with E-state index in [0.29, 0.717) is 51.2 Å². The largest absolute Gasteiger partial charge is 0.384 e. The quantitative estimate of drug-likeness (QED) is 0.497. The maximum atomic E-state index is 12.0. The van der Waals surface area contributed by atoms with Gasteiger partial charge in [0.25, 0.3) is 0 Å². The van der Waals surface area contributed by atoms with Crippen LogP contribution in [0.3, 0.4) is 0 Å². The Bertz CT molecular complexity index is 876. The molecule has 2 heterocycles. The Balaban J connectivity index is 1.51. The van der Waals surface area contributed by atoms with E-state index >= 15 is 0 Å². The summed E-state index contributed by atoms with van der Waals surface area (Å²) in [6.45, 7) is 6.67. The summed E-state index contributed by atoms with van der Waals surface area (Å²) >= 11 is 0. The van der Waals surface area contributed by atoms with Crippen LogP contribution in [-0.2, 0) is 22.4 Å². The molecular weight excluding hydrogens is 396 g/mol. The second-order valence-electron chi connectivity index (χ2n) is 8.17. The number of nitrogens with one attached hydrogen (secondary N) is 2. The molecule has 9 nitrogen and oxygen atoms in total. The number of methoxy groups -OCH3 is 1. The van der Waals surface area contributed by atoms with Crippen molar-refractivity contribution in [2.75, 3.05) is 39.2 Å². The van der Waals surface area contributed by atoms with Crippen molar-refractivity contribution in [2.45, 2.75) is 65.0 Å². The molecular formula is C22H36N6O3. The van der Waals surface area contributed by atoms with Crippen LogP contribution in [0.25, 0.3) is 11.0 Å². The standard InChI is InChI=1S/C22H36N6O3/c1-15-16(2)25-21(23)19-20(15)28(18(27-19)9-12-30-3)11-14-31-13-10-24-22(29)26-17-7-5-4-6-8-17/h17H,4-14H2,1-3H3,(H2,23,25)(H2,24,26,29). The van der Waals surface area contributed by atoms with Gasteiger partial charge in [-0.05, 0) is 32.3 Å². The summed E-state index contributed by atoms with van der Waals surface area (Å²) in [6.07, 6.45) is 6.51. The zero-order valence-corrected chi connectivity index (χ0v) is 19.0. The molecule has 9 heteroatoms. The molecule has 0 saturated heterocycles. The number of rotatable bonds is 10. The van der Waals surface area contributed by atoms with Crippen molar-refractivity contribution in [1.82, 2.24) is 25.2 Å². The van der Waals surface area contributed by atoms with E-state index in [0.717, 1.165) is 41.0 Å². The lowest BCUT2D eigenvalue weighted by atomic mass is 9.96. The molecule has 1 fully saturated rings. The minimum Gasteiger partial charge on any atom is -0.384 e. The molecule has 2 aromatic rings. The number of carbonyl (C=O) groups excluding carboxylic acids is 1. The fourth-order valence-corrected chi connectivity index (χ4v) is 4.15. The number of ether oxygens (including phenoxy) is 2. The number of pyridine rings is 1. The third-order valence-electron chi connectivity index (χ3n) is 5.94. The average molecular weight is 433 g/mol. The summed E-state index contributed by atoms with van der Waals surface area (Å²) in [6, 6.07) is 0.204. The van der Waals surface area contributed by atoms with Crippen LogP contribution in [-0.4, -0.2) is 60.1 Å². The van der Waals surface area contributed by atoms with Gasteiger partial charge < -0.3 is 30.4 Å². The van der Waals surface area contributed by atoms with Crippen molar-refractivity contribution in [2.24, 2.45) is 0 Å². The van der Waals surface area contributed by atoms with Crippen LogP contribution < -0.4 is 16.4 Å². The van der Waals surface area contributed by atoms with E-state index in [-0.39, 0.29) is 6.03 Å². The molecule has 2 amide bonds. The Morgan fingerprint density at radius 1 is 1.16 bits per heavy atom. The number of amides is 2. The molecule has 1 saturated carbocycles. The molecule has 172 valence electrons. The molecule has 0 aromatic carbocycles. The lowest BCUT2D eigenvalue weighted by molar-refractivity contribution is 0.128. The molecule has 0 aliphatic heterocycles. The SMILES string of the molecule is COCCc1nc2c(N)nc(C)c(C)c2n1CCOCCNC(=O)NC1CCCCC1. The maximum absolute atomic E-state index is 12.0. The molecule has 0 bridgehead atoms. The van der Waals surface area contributed by atoms with Crippen molar-refractivity contribution >= 4 is 22.9 Å². The predicted molar refractivity (Wildman–Crippen MR) is 121 cm³/mol. The summed E-state index contributed by atoms with van der Waals surface area (Å²) in [7, 11) is 1.68. The monoisotopic (exact) mass is 432 g/mol. The topological polar surface area (TPSA) is 116 Å². The summed E-state index contributed by atoms with van der Waals surface area (Å²) in [5, 5.41) is 5.93. The highest BCUT2D eigenvalue weighted by molar-refractivity contribution is 5.88. The van der Waals surface area contributed by atoms with Crippen LogP contribution >= 0.6 is 0 Å².